The molecule has 0 saturated carbocycles. The van der Waals surface area contributed by atoms with Crippen molar-refractivity contribution in [1.82, 2.24) is 0 Å². The molecule has 0 aliphatic rings. The van der Waals surface area contributed by atoms with Crippen LogP contribution in [0.1, 0.15) is 0 Å². The maximum atomic E-state index is 6.66. The molecule has 0 saturated heterocycles. The van der Waals surface area contributed by atoms with Crippen molar-refractivity contribution in [3.63, 3.8) is 0 Å². The van der Waals surface area contributed by atoms with Crippen molar-refractivity contribution in [1.29, 1.82) is 0 Å². The van der Waals surface area contributed by atoms with Gasteiger partial charge in [-0.25, -0.2) is 0 Å². The zero-order valence-corrected chi connectivity index (χ0v) is 24.5. The Balaban J connectivity index is 1.12. The number of hydrogen-bond acceptors (Lipinski definition) is 2. The predicted octanol–water partition coefficient (Wildman–Crippen LogP) is 12.7. The van der Waals surface area contributed by atoms with Gasteiger partial charge < -0.3 is 4.42 Å². The molecule has 0 radical (unpaired) electrons. The molecule has 44 heavy (non-hydrogen) atoms. The van der Waals surface area contributed by atoms with Gasteiger partial charge in [-0.05, 0) is 86.3 Å². The first-order valence-electron chi connectivity index (χ1n) is 15.0. The second kappa shape index (κ2) is 9.03. The molecule has 2 heterocycles. The number of thiophene rings is 1. The average molecular weight is 577 g/mol. The molecule has 0 spiro atoms. The van der Waals surface area contributed by atoms with Crippen molar-refractivity contribution in [2.24, 2.45) is 0 Å². The third kappa shape index (κ3) is 3.52. The van der Waals surface area contributed by atoms with E-state index in [1.54, 1.807) is 0 Å². The summed E-state index contributed by atoms with van der Waals surface area (Å²) in [5.74, 6) is 0. The van der Waals surface area contributed by atoms with E-state index in [1.807, 2.05) is 11.3 Å². The van der Waals surface area contributed by atoms with Gasteiger partial charge in [-0.3, -0.25) is 0 Å². The van der Waals surface area contributed by atoms with E-state index in [9.17, 15) is 0 Å². The van der Waals surface area contributed by atoms with E-state index < -0.39 is 0 Å². The van der Waals surface area contributed by atoms with Gasteiger partial charge in [0.25, 0.3) is 0 Å². The monoisotopic (exact) mass is 576 g/mol. The van der Waals surface area contributed by atoms with Gasteiger partial charge in [0.1, 0.15) is 11.2 Å². The van der Waals surface area contributed by atoms with Crippen LogP contribution in [0.3, 0.4) is 0 Å². The van der Waals surface area contributed by atoms with Crippen LogP contribution in [0.2, 0.25) is 0 Å². The van der Waals surface area contributed by atoms with E-state index in [4.69, 9.17) is 4.42 Å². The summed E-state index contributed by atoms with van der Waals surface area (Å²) in [4.78, 5) is 0. The Morgan fingerprint density at radius 3 is 1.52 bits per heavy atom. The highest BCUT2D eigenvalue weighted by Crippen LogP contribution is 2.43. The number of hydrogen-bond donors (Lipinski definition) is 0. The van der Waals surface area contributed by atoms with Crippen LogP contribution in [-0.4, -0.2) is 0 Å². The Morgan fingerprint density at radius 1 is 0.364 bits per heavy atom. The summed E-state index contributed by atoms with van der Waals surface area (Å²) in [5.41, 5.74) is 6.76. The van der Waals surface area contributed by atoms with Gasteiger partial charge in [0, 0.05) is 41.7 Å². The molecule has 2 aromatic heterocycles. The SMILES string of the molecule is c1ccc2cc(-c3ccc4c(c3)oc3c4ccc4c3ccc3c5ccc(-c6ccc7ccccc7c6)cc5sc34)ccc2c1. The van der Waals surface area contributed by atoms with Crippen molar-refractivity contribution in [3.05, 3.63) is 146 Å². The molecule has 0 aliphatic carbocycles. The molecule has 0 aliphatic heterocycles. The molecular formula is C42H24OS. The topological polar surface area (TPSA) is 13.1 Å². The summed E-state index contributed by atoms with van der Waals surface area (Å²) in [6.07, 6.45) is 0. The molecule has 10 rings (SSSR count). The number of benzene rings is 8. The van der Waals surface area contributed by atoms with Crippen molar-refractivity contribution >= 4 is 85.8 Å². The summed E-state index contributed by atoms with van der Waals surface area (Å²) in [7, 11) is 0. The lowest BCUT2D eigenvalue weighted by molar-refractivity contribution is 0.673. The lowest BCUT2D eigenvalue weighted by atomic mass is 9.99. The fourth-order valence-corrected chi connectivity index (χ4v) is 8.24. The van der Waals surface area contributed by atoms with Gasteiger partial charge in [-0.1, -0.05) is 103 Å². The maximum absolute atomic E-state index is 6.66. The fourth-order valence-electron chi connectivity index (χ4n) is 6.97. The fraction of sp³-hybridized carbons (Fsp3) is 0. The lowest BCUT2D eigenvalue weighted by Crippen LogP contribution is -1.79. The van der Waals surface area contributed by atoms with Crippen molar-refractivity contribution < 1.29 is 4.42 Å². The Morgan fingerprint density at radius 2 is 0.841 bits per heavy atom. The van der Waals surface area contributed by atoms with E-state index in [0.717, 1.165) is 21.9 Å². The minimum Gasteiger partial charge on any atom is -0.455 e. The van der Waals surface area contributed by atoms with Gasteiger partial charge in [0.15, 0.2) is 0 Å². The van der Waals surface area contributed by atoms with Crippen molar-refractivity contribution in [2.45, 2.75) is 0 Å². The van der Waals surface area contributed by atoms with E-state index >= 15 is 0 Å². The zero-order chi connectivity index (χ0) is 28.8. The predicted molar refractivity (Wildman–Crippen MR) is 190 cm³/mol. The van der Waals surface area contributed by atoms with E-state index in [1.165, 1.54) is 74.7 Å². The van der Waals surface area contributed by atoms with Crippen LogP contribution >= 0.6 is 11.3 Å². The molecule has 10 aromatic rings. The molecule has 0 amide bonds. The van der Waals surface area contributed by atoms with Gasteiger partial charge in [0.2, 0.25) is 0 Å². The van der Waals surface area contributed by atoms with Crippen molar-refractivity contribution in [3.8, 4) is 22.3 Å². The maximum Gasteiger partial charge on any atom is 0.143 e. The van der Waals surface area contributed by atoms with E-state index in [2.05, 4.69) is 146 Å². The van der Waals surface area contributed by atoms with E-state index in [0.29, 0.717) is 0 Å². The first-order valence-corrected chi connectivity index (χ1v) is 15.8. The molecule has 0 N–H and O–H groups in total. The second-order valence-electron chi connectivity index (χ2n) is 11.7. The Bertz CT molecular complexity index is 2580. The smallest absolute Gasteiger partial charge is 0.143 e. The molecular weight excluding hydrogens is 553 g/mol. The van der Waals surface area contributed by atoms with Crippen LogP contribution in [0, 0.1) is 0 Å². The van der Waals surface area contributed by atoms with Gasteiger partial charge in [-0.2, -0.15) is 0 Å². The minimum atomic E-state index is 0.926. The molecule has 0 atom stereocenters. The normalized spacial score (nSPS) is 12.1. The highest BCUT2D eigenvalue weighted by Gasteiger charge is 2.16. The van der Waals surface area contributed by atoms with Crippen LogP contribution in [0.5, 0.6) is 0 Å². The summed E-state index contributed by atoms with van der Waals surface area (Å²) in [6, 6.07) is 53.0. The van der Waals surface area contributed by atoms with Gasteiger partial charge in [-0.15, -0.1) is 11.3 Å². The Labute approximate surface area is 257 Å². The third-order valence-electron chi connectivity index (χ3n) is 9.24. The highest BCUT2D eigenvalue weighted by atomic mass is 32.1. The quantitative estimate of drug-likeness (QED) is 0.199. The summed E-state index contributed by atoms with van der Waals surface area (Å²) in [6.45, 7) is 0. The molecule has 0 bridgehead atoms. The molecule has 204 valence electrons. The Kier molecular flexibility index (Phi) is 4.94. The second-order valence-corrected chi connectivity index (χ2v) is 12.8. The van der Waals surface area contributed by atoms with Gasteiger partial charge in [0.05, 0.1) is 0 Å². The molecule has 0 unspecified atom stereocenters. The molecule has 0 fully saturated rings. The van der Waals surface area contributed by atoms with E-state index in [-0.39, 0.29) is 0 Å². The van der Waals surface area contributed by atoms with Crippen LogP contribution in [0.4, 0.5) is 0 Å². The molecule has 2 heteroatoms. The third-order valence-corrected chi connectivity index (χ3v) is 10.4. The van der Waals surface area contributed by atoms with Crippen molar-refractivity contribution in [2.75, 3.05) is 0 Å². The van der Waals surface area contributed by atoms with Crippen LogP contribution in [0.15, 0.2) is 150 Å². The average Bonchev–Trinajstić information content (AvgIpc) is 3.65. The summed E-state index contributed by atoms with van der Waals surface area (Å²) in [5, 5.41) is 12.4. The summed E-state index contributed by atoms with van der Waals surface area (Å²) < 4.78 is 9.28. The number of rotatable bonds is 2. The standard InChI is InChI=1S/C42H24OS/c1-3-7-27-21-29(11-9-25(27)5-1)31-13-15-33-35-17-20-38-36(41(35)43-39(33)23-31)18-19-37-34-16-14-32(24-40(34)44-42(37)38)30-12-10-26-6-2-4-8-28(26)22-30/h1-24H. The molecule has 1 nitrogen and oxygen atoms in total. The highest BCUT2D eigenvalue weighted by molar-refractivity contribution is 7.26. The Hall–Kier alpha value is -5.44. The lowest BCUT2D eigenvalue weighted by Gasteiger charge is -2.05. The summed E-state index contributed by atoms with van der Waals surface area (Å²) >= 11 is 1.88. The molecule has 8 aromatic carbocycles. The first-order chi connectivity index (χ1) is 21.8. The largest absolute Gasteiger partial charge is 0.455 e. The zero-order valence-electron chi connectivity index (χ0n) is 23.7. The van der Waals surface area contributed by atoms with Crippen LogP contribution < -0.4 is 0 Å². The van der Waals surface area contributed by atoms with Gasteiger partial charge >= 0.3 is 0 Å². The van der Waals surface area contributed by atoms with Crippen LogP contribution in [-0.2, 0) is 0 Å². The number of furan rings is 1. The minimum absolute atomic E-state index is 0.926. The van der Waals surface area contributed by atoms with Crippen LogP contribution in [0.25, 0.3) is 96.7 Å². The first kappa shape index (κ1) is 24.0. The number of fused-ring (bicyclic) bond motifs is 11.